The van der Waals surface area contributed by atoms with E-state index in [2.05, 4.69) is 5.43 Å². The molecule has 0 unspecified atom stereocenters. The molecule has 0 aliphatic heterocycles. The number of hydrazine groups is 1. The topological polar surface area (TPSA) is 58.4 Å². The van der Waals surface area contributed by atoms with E-state index in [1.54, 1.807) is 11.9 Å². The Hall–Kier alpha value is -2.33. The van der Waals surface area contributed by atoms with Crippen LogP contribution in [0.25, 0.3) is 0 Å². The molecule has 0 saturated heterocycles. The molecule has 2 aromatic rings. The molecule has 110 valence electrons. The fraction of sp³-hybridized carbons (Fsp3) is 0.235. The molecule has 0 aliphatic rings. The van der Waals surface area contributed by atoms with Crippen LogP contribution in [0.5, 0.6) is 0 Å². The number of hydrogen-bond donors (Lipinski definition) is 2. The van der Waals surface area contributed by atoms with Crippen LogP contribution in [0.3, 0.4) is 0 Å². The number of nitrogens with zero attached hydrogens (tertiary/aromatic N) is 1. The van der Waals surface area contributed by atoms with Crippen LogP contribution in [-0.4, -0.2) is 17.9 Å². The van der Waals surface area contributed by atoms with Crippen LogP contribution in [0, 0.1) is 13.8 Å². The normalized spacial score (nSPS) is 10.3. The maximum absolute atomic E-state index is 12.6. The minimum Gasteiger partial charge on any atom is -0.337 e. The molecule has 4 nitrogen and oxygen atoms in total. The van der Waals surface area contributed by atoms with Crippen LogP contribution in [0.4, 0.5) is 5.69 Å². The maximum atomic E-state index is 12.6. The molecule has 1 amide bonds. The van der Waals surface area contributed by atoms with Crippen molar-refractivity contribution in [2.45, 2.75) is 20.4 Å². The van der Waals surface area contributed by atoms with E-state index in [1.807, 2.05) is 56.3 Å². The first-order chi connectivity index (χ1) is 10.0. The standard InChI is InChI=1S/C17H21N3O/c1-12-8-9-16(19-18)15(10-12)17(21)20(3)11-14-7-5-4-6-13(14)2/h4-10,19H,11,18H2,1-3H3. The summed E-state index contributed by atoms with van der Waals surface area (Å²) < 4.78 is 0. The summed E-state index contributed by atoms with van der Waals surface area (Å²) >= 11 is 0. The number of benzene rings is 2. The number of nitrogen functional groups attached to an aromatic ring is 1. The van der Waals surface area contributed by atoms with E-state index in [0.29, 0.717) is 17.8 Å². The summed E-state index contributed by atoms with van der Waals surface area (Å²) in [4.78, 5) is 14.3. The van der Waals surface area contributed by atoms with Gasteiger partial charge in [-0.05, 0) is 37.1 Å². The highest BCUT2D eigenvalue weighted by Gasteiger charge is 2.16. The van der Waals surface area contributed by atoms with Gasteiger partial charge >= 0.3 is 0 Å². The molecule has 0 atom stereocenters. The first-order valence-electron chi connectivity index (χ1n) is 6.90. The number of carbonyl (C=O) groups excluding carboxylic acids is 1. The first kappa shape index (κ1) is 15.1. The van der Waals surface area contributed by atoms with E-state index < -0.39 is 0 Å². The Bertz CT molecular complexity index is 652. The Labute approximate surface area is 125 Å². The predicted octanol–water partition coefficient (Wildman–Crippen LogP) is 2.86. The highest BCUT2D eigenvalue weighted by Crippen LogP contribution is 2.19. The second-order valence-corrected chi connectivity index (χ2v) is 5.28. The van der Waals surface area contributed by atoms with E-state index >= 15 is 0 Å². The quantitative estimate of drug-likeness (QED) is 0.670. The monoisotopic (exact) mass is 283 g/mol. The zero-order valence-corrected chi connectivity index (χ0v) is 12.7. The fourth-order valence-electron chi connectivity index (χ4n) is 2.28. The van der Waals surface area contributed by atoms with Gasteiger partial charge in [-0.1, -0.05) is 35.9 Å². The van der Waals surface area contributed by atoms with Crippen LogP contribution in [0.15, 0.2) is 42.5 Å². The molecular weight excluding hydrogens is 262 g/mol. The van der Waals surface area contributed by atoms with Gasteiger partial charge in [-0.25, -0.2) is 0 Å². The summed E-state index contributed by atoms with van der Waals surface area (Å²) in [6.45, 7) is 4.58. The van der Waals surface area contributed by atoms with E-state index in [1.165, 1.54) is 5.56 Å². The van der Waals surface area contributed by atoms with Crippen molar-refractivity contribution < 1.29 is 4.79 Å². The van der Waals surface area contributed by atoms with Crippen LogP contribution in [-0.2, 0) is 6.54 Å². The number of nitrogens with one attached hydrogen (secondary N) is 1. The average molecular weight is 283 g/mol. The fourth-order valence-corrected chi connectivity index (χ4v) is 2.28. The number of nitrogens with two attached hydrogens (primary N) is 1. The third-order valence-electron chi connectivity index (χ3n) is 3.58. The van der Waals surface area contributed by atoms with Crippen LogP contribution >= 0.6 is 0 Å². The van der Waals surface area contributed by atoms with Crippen molar-refractivity contribution in [1.82, 2.24) is 4.90 Å². The largest absolute Gasteiger partial charge is 0.337 e. The Morgan fingerprint density at radius 1 is 1.19 bits per heavy atom. The summed E-state index contributed by atoms with van der Waals surface area (Å²) in [5.74, 6) is 5.45. The van der Waals surface area contributed by atoms with Crippen LogP contribution in [0.1, 0.15) is 27.0 Å². The summed E-state index contributed by atoms with van der Waals surface area (Å²) in [7, 11) is 1.80. The minimum atomic E-state index is -0.0464. The number of anilines is 1. The smallest absolute Gasteiger partial charge is 0.256 e. The van der Waals surface area contributed by atoms with E-state index in [0.717, 1.165) is 11.1 Å². The van der Waals surface area contributed by atoms with Crippen molar-refractivity contribution >= 4 is 11.6 Å². The summed E-state index contributed by atoms with van der Waals surface area (Å²) in [6, 6.07) is 13.7. The Morgan fingerprint density at radius 3 is 2.57 bits per heavy atom. The van der Waals surface area contributed by atoms with Gasteiger partial charge in [0.05, 0.1) is 11.3 Å². The molecule has 2 aromatic carbocycles. The average Bonchev–Trinajstić information content (AvgIpc) is 2.48. The van der Waals surface area contributed by atoms with Gasteiger partial charge in [-0.2, -0.15) is 0 Å². The number of hydrogen-bond acceptors (Lipinski definition) is 3. The van der Waals surface area contributed by atoms with Crippen molar-refractivity contribution in [3.63, 3.8) is 0 Å². The van der Waals surface area contributed by atoms with Crippen LogP contribution in [0.2, 0.25) is 0 Å². The minimum absolute atomic E-state index is 0.0464. The second-order valence-electron chi connectivity index (χ2n) is 5.28. The molecule has 0 spiro atoms. The van der Waals surface area contributed by atoms with Gasteiger partial charge in [0.25, 0.3) is 5.91 Å². The van der Waals surface area contributed by atoms with Gasteiger partial charge in [-0.15, -0.1) is 0 Å². The van der Waals surface area contributed by atoms with E-state index in [4.69, 9.17) is 5.84 Å². The number of aryl methyl sites for hydroxylation is 2. The molecule has 2 rings (SSSR count). The third-order valence-corrected chi connectivity index (χ3v) is 3.58. The zero-order chi connectivity index (χ0) is 15.4. The lowest BCUT2D eigenvalue weighted by atomic mass is 10.1. The van der Waals surface area contributed by atoms with Crippen molar-refractivity contribution in [1.29, 1.82) is 0 Å². The van der Waals surface area contributed by atoms with Crippen LogP contribution < -0.4 is 11.3 Å². The van der Waals surface area contributed by atoms with Gasteiger partial charge in [-0.3, -0.25) is 10.6 Å². The van der Waals surface area contributed by atoms with Crippen molar-refractivity contribution in [3.05, 3.63) is 64.7 Å². The maximum Gasteiger partial charge on any atom is 0.256 e. The molecule has 0 aliphatic carbocycles. The zero-order valence-electron chi connectivity index (χ0n) is 12.7. The molecule has 0 bridgehead atoms. The van der Waals surface area contributed by atoms with Crippen molar-refractivity contribution in [3.8, 4) is 0 Å². The highest BCUT2D eigenvalue weighted by atomic mass is 16.2. The molecule has 0 radical (unpaired) electrons. The summed E-state index contributed by atoms with van der Waals surface area (Å²) in [5.41, 5.74) is 7.17. The Kier molecular flexibility index (Phi) is 4.60. The Morgan fingerprint density at radius 2 is 1.90 bits per heavy atom. The summed E-state index contributed by atoms with van der Waals surface area (Å²) in [6.07, 6.45) is 0. The number of rotatable bonds is 4. The van der Waals surface area contributed by atoms with Crippen molar-refractivity contribution in [2.24, 2.45) is 5.84 Å². The van der Waals surface area contributed by atoms with Gasteiger partial charge in [0, 0.05) is 13.6 Å². The molecule has 4 heteroatoms. The van der Waals surface area contributed by atoms with Gasteiger partial charge < -0.3 is 10.3 Å². The van der Waals surface area contributed by atoms with E-state index in [9.17, 15) is 4.79 Å². The summed E-state index contributed by atoms with van der Waals surface area (Å²) in [5, 5.41) is 0. The van der Waals surface area contributed by atoms with Gasteiger partial charge in [0.15, 0.2) is 0 Å². The lowest BCUT2D eigenvalue weighted by molar-refractivity contribution is 0.0785. The molecule has 0 fully saturated rings. The molecule has 0 aromatic heterocycles. The lowest BCUT2D eigenvalue weighted by Gasteiger charge is -2.20. The van der Waals surface area contributed by atoms with Gasteiger partial charge in [0.1, 0.15) is 0 Å². The van der Waals surface area contributed by atoms with Gasteiger partial charge in [0.2, 0.25) is 0 Å². The SMILES string of the molecule is Cc1ccc(NN)c(C(=O)N(C)Cc2ccccc2C)c1. The molecule has 0 heterocycles. The number of amides is 1. The molecule has 0 saturated carbocycles. The molecule has 21 heavy (non-hydrogen) atoms. The molecular formula is C17H21N3O. The molecule has 3 N–H and O–H groups in total. The number of carbonyl (C=O) groups is 1. The second kappa shape index (κ2) is 6.41. The Balaban J connectivity index is 2.24. The predicted molar refractivity (Wildman–Crippen MR) is 86.0 cm³/mol. The first-order valence-corrected chi connectivity index (χ1v) is 6.90. The van der Waals surface area contributed by atoms with Crippen molar-refractivity contribution in [2.75, 3.05) is 12.5 Å². The lowest BCUT2D eigenvalue weighted by Crippen LogP contribution is -2.28. The van der Waals surface area contributed by atoms with E-state index in [-0.39, 0.29) is 5.91 Å². The highest BCUT2D eigenvalue weighted by molar-refractivity contribution is 5.99. The third kappa shape index (κ3) is 3.41.